The van der Waals surface area contributed by atoms with Gasteiger partial charge in [-0.3, -0.25) is 0 Å². The molecule has 0 bridgehead atoms. The Morgan fingerprint density at radius 3 is 1.74 bits per heavy atom. The average Bonchev–Trinajstić information content (AvgIpc) is 2.50. The van der Waals surface area contributed by atoms with Gasteiger partial charge in [-0.15, -0.1) is 0 Å². The number of aliphatic hydroxyl groups is 2. The van der Waals surface area contributed by atoms with Crippen molar-refractivity contribution in [3.05, 3.63) is 12.2 Å². The van der Waals surface area contributed by atoms with Crippen molar-refractivity contribution in [3.63, 3.8) is 0 Å². The minimum atomic E-state index is -1.26. The van der Waals surface area contributed by atoms with Crippen LogP contribution in [0.5, 0.6) is 0 Å². The van der Waals surface area contributed by atoms with E-state index in [2.05, 4.69) is 19.1 Å². The Bertz CT molecular complexity index is 254. The highest BCUT2D eigenvalue weighted by Gasteiger charge is 2.06. The summed E-state index contributed by atoms with van der Waals surface area (Å²) >= 11 is 0. The molecule has 0 heterocycles. The molecule has 1 atom stereocenters. The molecule has 0 radical (unpaired) electrons. The fourth-order valence-corrected chi connectivity index (χ4v) is 2.87. The van der Waals surface area contributed by atoms with Gasteiger partial charge in [0, 0.05) is 12.5 Å². The topological polar surface area (TPSA) is 66.5 Å². The molecule has 1 unspecified atom stereocenters. The molecule has 0 saturated carbocycles. The molecule has 0 saturated heterocycles. The monoisotopic (exact) mass is 327 g/mol. The van der Waals surface area contributed by atoms with Gasteiger partial charge in [0.1, 0.15) is 0 Å². The molecule has 0 aliphatic rings. The van der Waals surface area contributed by atoms with Crippen molar-refractivity contribution in [2.24, 2.45) is 5.73 Å². The average molecular weight is 328 g/mol. The summed E-state index contributed by atoms with van der Waals surface area (Å²) in [5.74, 6) is 0. The van der Waals surface area contributed by atoms with Gasteiger partial charge in [0.15, 0.2) is 6.29 Å². The van der Waals surface area contributed by atoms with Crippen molar-refractivity contribution in [3.8, 4) is 0 Å². The van der Waals surface area contributed by atoms with Gasteiger partial charge in [0.05, 0.1) is 0 Å². The van der Waals surface area contributed by atoms with Gasteiger partial charge >= 0.3 is 0 Å². The first-order valence-electron chi connectivity index (χ1n) is 9.93. The van der Waals surface area contributed by atoms with Crippen LogP contribution in [0.25, 0.3) is 0 Å². The summed E-state index contributed by atoms with van der Waals surface area (Å²) in [6, 6.07) is -0.0695. The van der Waals surface area contributed by atoms with Crippen LogP contribution in [-0.2, 0) is 0 Å². The Morgan fingerprint density at radius 2 is 1.22 bits per heavy atom. The van der Waals surface area contributed by atoms with Crippen molar-refractivity contribution in [2.75, 3.05) is 0 Å². The van der Waals surface area contributed by atoms with Crippen molar-refractivity contribution in [1.29, 1.82) is 0 Å². The zero-order valence-electron chi connectivity index (χ0n) is 15.4. The number of aliphatic hydroxyl groups excluding tert-OH is 1. The fraction of sp³-hybridized carbons (Fsp3) is 0.900. The van der Waals surface area contributed by atoms with E-state index in [1.807, 2.05) is 0 Å². The Kier molecular flexibility index (Phi) is 17.7. The molecule has 0 aromatic heterocycles. The number of allylic oxidation sites excluding steroid dienone is 2. The molecule has 0 aromatic rings. The lowest BCUT2D eigenvalue weighted by molar-refractivity contribution is -0.0497. The lowest BCUT2D eigenvalue weighted by Crippen LogP contribution is -2.25. The SMILES string of the molecule is CCCCCCCC/C=C\CCCCCCCC(N)CC(O)O. The Hall–Kier alpha value is -0.380. The molecule has 138 valence electrons. The standard InChI is InChI=1S/C20H41NO2/c1-2-3-4-5-6-7-8-9-10-11-12-13-14-15-16-17-19(21)18-20(22)23/h9-10,19-20,22-23H,2-8,11-18,21H2,1H3/b10-9-. The molecule has 0 spiro atoms. The minimum Gasteiger partial charge on any atom is -0.368 e. The number of hydrogen-bond acceptors (Lipinski definition) is 3. The van der Waals surface area contributed by atoms with Crippen molar-refractivity contribution in [1.82, 2.24) is 0 Å². The van der Waals surface area contributed by atoms with Crippen LogP contribution in [0.3, 0.4) is 0 Å². The summed E-state index contributed by atoms with van der Waals surface area (Å²) in [5, 5.41) is 17.6. The van der Waals surface area contributed by atoms with Crippen molar-refractivity contribution < 1.29 is 10.2 Å². The minimum absolute atomic E-state index is 0.0695. The summed E-state index contributed by atoms with van der Waals surface area (Å²) in [6.45, 7) is 2.26. The maximum atomic E-state index is 8.82. The largest absolute Gasteiger partial charge is 0.368 e. The predicted molar refractivity (Wildman–Crippen MR) is 100 cm³/mol. The summed E-state index contributed by atoms with van der Waals surface area (Å²) < 4.78 is 0. The molecule has 3 nitrogen and oxygen atoms in total. The van der Waals surface area contributed by atoms with Gasteiger partial charge in [-0.1, -0.05) is 76.9 Å². The molecule has 0 aliphatic heterocycles. The number of hydrogen-bond donors (Lipinski definition) is 3. The summed E-state index contributed by atoms with van der Waals surface area (Å²) in [7, 11) is 0. The number of nitrogens with two attached hydrogens (primary N) is 1. The van der Waals surface area contributed by atoms with Gasteiger partial charge in [0.25, 0.3) is 0 Å². The zero-order valence-corrected chi connectivity index (χ0v) is 15.4. The molecule has 0 rings (SSSR count). The van der Waals surface area contributed by atoms with Crippen molar-refractivity contribution in [2.45, 2.75) is 116 Å². The first-order chi connectivity index (χ1) is 11.2. The van der Waals surface area contributed by atoms with Crippen LogP contribution in [-0.4, -0.2) is 22.5 Å². The van der Waals surface area contributed by atoms with E-state index in [0.29, 0.717) is 6.42 Å². The lowest BCUT2D eigenvalue weighted by atomic mass is 10.0. The molecule has 23 heavy (non-hydrogen) atoms. The second-order valence-corrected chi connectivity index (χ2v) is 6.85. The molecule has 0 aliphatic carbocycles. The highest BCUT2D eigenvalue weighted by molar-refractivity contribution is 4.81. The zero-order chi connectivity index (χ0) is 17.2. The van der Waals surface area contributed by atoms with Crippen LogP contribution in [0.4, 0.5) is 0 Å². The molecule has 4 N–H and O–H groups in total. The van der Waals surface area contributed by atoms with Crippen molar-refractivity contribution >= 4 is 0 Å². The third kappa shape index (κ3) is 19.6. The van der Waals surface area contributed by atoms with Crippen LogP contribution in [0, 0.1) is 0 Å². The van der Waals surface area contributed by atoms with E-state index in [0.717, 1.165) is 12.8 Å². The van der Waals surface area contributed by atoms with E-state index in [-0.39, 0.29) is 6.04 Å². The summed E-state index contributed by atoms with van der Waals surface area (Å²) in [4.78, 5) is 0. The van der Waals surface area contributed by atoms with Crippen LogP contribution < -0.4 is 5.73 Å². The number of rotatable bonds is 17. The highest BCUT2D eigenvalue weighted by atomic mass is 16.5. The van der Waals surface area contributed by atoms with Gasteiger partial charge in [0.2, 0.25) is 0 Å². The maximum absolute atomic E-state index is 8.82. The van der Waals surface area contributed by atoms with Crippen LogP contribution in [0.15, 0.2) is 12.2 Å². The second kappa shape index (κ2) is 18.0. The summed E-state index contributed by atoms with van der Waals surface area (Å²) in [5.41, 5.74) is 5.80. The van der Waals surface area contributed by atoms with Gasteiger partial charge in [-0.05, 0) is 32.1 Å². The van der Waals surface area contributed by atoms with Crippen LogP contribution >= 0.6 is 0 Å². The normalized spacial score (nSPS) is 13.3. The quantitative estimate of drug-likeness (QED) is 0.199. The Morgan fingerprint density at radius 1 is 0.739 bits per heavy atom. The molecule has 3 heteroatoms. The third-order valence-corrected chi connectivity index (χ3v) is 4.35. The van der Waals surface area contributed by atoms with Gasteiger partial charge in [-0.2, -0.15) is 0 Å². The molecule has 0 fully saturated rings. The molecular weight excluding hydrogens is 286 g/mol. The third-order valence-electron chi connectivity index (χ3n) is 4.35. The predicted octanol–water partition coefficient (Wildman–Crippen LogP) is 5.05. The lowest BCUT2D eigenvalue weighted by Gasteiger charge is -2.12. The van der Waals surface area contributed by atoms with Gasteiger partial charge in [-0.25, -0.2) is 0 Å². The number of unbranched alkanes of at least 4 members (excludes halogenated alkanes) is 11. The second-order valence-electron chi connectivity index (χ2n) is 6.85. The Labute approximate surface area is 144 Å². The van der Waals surface area contributed by atoms with E-state index in [4.69, 9.17) is 15.9 Å². The van der Waals surface area contributed by atoms with E-state index >= 15 is 0 Å². The smallest absolute Gasteiger partial charge is 0.152 e. The first-order valence-corrected chi connectivity index (χ1v) is 9.93. The van der Waals surface area contributed by atoms with E-state index in [1.54, 1.807) is 0 Å². The summed E-state index contributed by atoms with van der Waals surface area (Å²) in [6.07, 6.45) is 21.5. The van der Waals surface area contributed by atoms with E-state index in [1.165, 1.54) is 77.0 Å². The molecule has 0 amide bonds. The Balaban J connectivity index is 3.16. The van der Waals surface area contributed by atoms with E-state index in [9.17, 15) is 0 Å². The highest BCUT2D eigenvalue weighted by Crippen LogP contribution is 2.11. The molecule has 0 aromatic carbocycles. The van der Waals surface area contributed by atoms with E-state index < -0.39 is 6.29 Å². The first kappa shape index (κ1) is 22.6. The fourth-order valence-electron chi connectivity index (χ4n) is 2.87. The van der Waals surface area contributed by atoms with Gasteiger partial charge < -0.3 is 15.9 Å². The van der Waals surface area contributed by atoms with Crippen LogP contribution in [0.2, 0.25) is 0 Å². The van der Waals surface area contributed by atoms with Crippen LogP contribution in [0.1, 0.15) is 103 Å². The maximum Gasteiger partial charge on any atom is 0.152 e. The molecular formula is C20H41NO2.